The van der Waals surface area contributed by atoms with Crippen molar-refractivity contribution >= 4 is 16.7 Å². The highest BCUT2D eigenvalue weighted by Crippen LogP contribution is 2.37. The molecule has 4 rings (SSSR count). The monoisotopic (exact) mass is 348 g/mol. The van der Waals surface area contributed by atoms with Crippen LogP contribution in [0.4, 0.5) is 0 Å². The van der Waals surface area contributed by atoms with Gasteiger partial charge in [0.1, 0.15) is 5.75 Å². The van der Waals surface area contributed by atoms with Crippen molar-refractivity contribution in [3.05, 3.63) is 76.2 Å². The molecule has 5 nitrogen and oxygen atoms in total. The number of carbonyl (C=O) groups excluding carboxylic acids is 1. The molecule has 2 aromatic carbocycles. The molecule has 0 bridgehead atoms. The van der Waals surface area contributed by atoms with Gasteiger partial charge in [0, 0.05) is 35.8 Å². The van der Waals surface area contributed by atoms with Crippen LogP contribution in [0.15, 0.2) is 59.5 Å². The molecule has 0 saturated carbocycles. The fourth-order valence-corrected chi connectivity index (χ4v) is 3.39. The van der Waals surface area contributed by atoms with Crippen LogP contribution in [0, 0.1) is 0 Å². The van der Waals surface area contributed by atoms with Gasteiger partial charge in [-0.05, 0) is 24.3 Å². The molecule has 0 radical (unpaired) electrons. The molecule has 1 N–H and O–H groups in total. The topological polar surface area (TPSA) is 60.3 Å². The van der Waals surface area contributed by atoms with Gasteiger partial charge in [0.15, 0.2) is 0 Å². The summed E-state index contributed by atoms with van der Waals surface area (Å²) < 4.78 is 7.45. The molecular formula is C21H20N2O3. The maximum absolute atomic E-state index is 12.7. The summed E-state index contributed by atoms with van der Waals surface area (Å²) in [6, 6.07) is 15.0. The number of amides is 1. The van der Waals surface area contributed by atoms with Crippen molar-refractivity contribution < 1.29 is 9.53 Å². The van der Waals surface area contributed by atoms with Crippen LogP contribution in [0.25, 0.3) is 10.8 Å². The molecule has 1 aliphatic rings. The molecular weight excluding hydrogens is 328 g/mol. The van der Waals surface area contributed by atoms with E-state index in [1.807, 2.05) is 24.3 Å². The van der Waals surface area contributed by atoms with Crippen LogP contribution in [0.5, 0.6) is 5.75 Å². The first-order valence-corrected chi connectivity index (χ1v) is 8.75. The smallest absolute Gasteiger partial charge is 0.252 e. The average molecular weight is 348 g/mol. The molecule has 1 atom stereocenters. The second-order valence-electron chi connectivity index (χ2n) is 6.59. The molecule has 0 aliphatic carbocycles. The highest BCUT2D eigenvalue weighted by atomic mass is 16.5. The van der Waals surface area contributed by atoms with E-state index >= 15 is 0 Å². The summed E-state index contributed by atoms with van der Waals surface area (Å²) in [5.41, 5.74) is 1.16. The van der Waals surface area contributed by atoms with E-state index in [1.165, 1.54) is 10.6 Å². The predicted octanol–water partition coefficient (Wildman–Crippen LogP) is 3.18. The van der Waals surface area contributed by atoms with Crippen LogP contribution in [0.2, 0.25) is 0 Å². The van der Waals surface area contributed by atoms with E-state index in [4.69, 9.17) is 4.74 Å². The summed E-state index contributed by atoms with van der Waals surface area (Å²) in [4.78, 5) is 24.5. The first kappa shape index (κ1) is 16.4. The first-order chi connectivity index (χ1) is 12.6. The van der Waals surface area contributed by atoms with Crippen molar-refractivity contribution in [2.75, 3.05) is 6.61 Å². The Labute approximate surface area is 151 Å². The predicted molar refractivity (Wildman–Crippen MR) is 101 cm³/mol. The molecule has 1 amide bonds. The Morgan fingerprint density at radius 3 is 2.88 bits per heavy atom. The molecule has 0 spiro atoms. The second kappa shape index (κ2) is 6.67. The van der Waals surface area contributed by atoms with Crippen LogP contribution >= 0.6 is 0 Å². The zero-order valence-corrected chi connectivity index (χ0v) is 14.6. The molecule has 0 fully saturated rings. The molecule has 26 heavy (non-hydrogen) atoms. The van der Waals surface area contributed by atoms with Crippen LogP contribution in [-0.2, 0) is 7.05 Å². The lowest BCUT2D eigenvalue weighted by Gasteiger charge is -2.19. The SMILES string of the molecule is Cn1ccc(C(=O)N[C@H]2CCCOc3c2ccc2ccccc32)cc1=O. The Kier molecular flexibility index (Phi) is 4.21. The van der Waals surface area contributed by atoms with E-state index in [2.05, 4.69) is 17.4 Å². The first-order valence-electron chi connectivity index (χ1n) is 8.75. The normalized spacial score (nSPS) is 16.4. The van der Waals surface area contributed by atoms with Gasteiger partial charge in [-0.3, -0.25) is 9.59 Å². The highest BCUT2D eigenvalue weighted by molar-refractivity contribution is 5.95. The molecule has 0 unspecified atom stereocenters. The minimum atomic E-state index is -0.242. The second-order valence-corrected chi connectivity index (χ2v) is 6.59. The molecule has 132 valence electrons. The highest BCUT2D eigenvalue weighted by Gasteiger charge is 2.23. The summed E-state index contributed by atoms with van der Waals surface area (Å²) >= 11 is 0. The fraction of sp³-hybridized carbons (Fsp3) is 0.238. The third kappa shape index (κ3) is 2.96. The number of aromatic nitrogens is 1. The maximum Gasteiger partial charge on any atom is 0.252 e. The van der Waals surface area contributed by atoms with Crippen molar-refractivity contribution in [2.24, 2.45) is 7.05 Å². The summed E-state index contributed by atoms with van der Waals surface area (Å²) in [6.45, 7) is 0.624. The number of nitrogens with zero attached hydrogens (tertiary/aromatic N) is 1. The van der Waals surface area contributed by atoms with E-state index in [9.17, 15) is 9.59 Å². The number of carbonyl (C=O) groups is 1. The minimum absolute atomic E-state index is 0.145. The minimum Gasteiger partial charge on any atom is -0.493 e. The Bertz CT molecular complexity index is 1040. The van der Waals surface area contributed by atoms with Gasteiger partial charge in [-0.1, -0.05) is 36.4 Å². The van der Waals surface area contributed by atoms with Crippen molar-refractivity contribution in [1.29, 1.82) is 0 Å². The number of aryl methyl sites for hydroxylation is 1. The standard InChI is InChI=1S/C21H20N2O3/c1-23-11-10-15(13-19(23)24)21(25)22-18-7-4-12-26-20-16-6-3-2-5-14(16)8-9-17(18)20/h2-3,5-6,8-11,13,18H,4,7,12H2,1H3,(H,22,25)/t18-/m0/s1. The largest absolute Gasteiger partial charge is 0.493 e. The average Bonchev–Trinajstić information content (AvgIpc) is 2.86. The lowest BCUT2D eigenvalue weighted by atomic mass is 9.97. The number of pyridine rings is 1. The van der Waals surface area contributed by atoms with Gasteiger partial charge < -0.3 is 14.6 Å². The number of nitrogens with one attached hydrogen (secondary N) is 1. The Morgan fingerprint density at radius 2 is 2.04 bits per heavy atom. The van der Waals surface area contributed by atoms with Gasteiger partial charge in [-0.25, -0.2) is 0 Å². The number of benzene rings is 2. The summed E-state index contributed by atoms with van der Waals surface area (Å²) in [5.74, 6) is 0.601. The lowest BCUT2D eigenvalue weighted by molar-refractivity contribution is 0.0934. The molecule has 3 aromatic rings. The molecule has 1 aliphatic heterocycles. The molecule has 1 aromatic heterocycles. The number of ether oxygens (including phenoxy) is 1. The zero-order chi connectivity index (χ0) is 18.1. The van der Waals surface area contributed by atoms with E-state index in [-0.39, 0.29) is 17.5 Å². The third-order valence-electron chi connectivity index (χ3n) is 4.84. The van der Waals surface area contributed by atoms with E-state index in [0.717, 1.165) is 34.9 Å². The quantitative estimate of drug-likeness (QED) is 0.774. The van der Waals surface area contributed by atoms with Gasteiger partial charge in [-0.15, -0.1) is 0 Å². The van der Waals surface area contributed by atoms with Crippen LogP contribution in [0.3, 0.4) is 0 Å². The Morgan fingerprint density at radius 1 is 1.19 bits per heavy atom. The summed E-state index contributed by atoms with van der Waals surface area (Å²) in [5, 5.41) is 5.25. The Hall–Kier alpha value is -3.08. The number of fused-ring (bicyclic) bond motifs is 3. The van der Waals surface area contributed by atoms with Gasteiger partial charge in [0.05, 0.1) is 12.6 Å². The van der Waals surface area contributed by atoms with E-state index in [0.29, 0.717) is 12.2 Å². The lowest BCUT2D eigenvalue weighted by Crippen LogP contribution is -2.30. The third-order valence-corrected chi connectivity index (χ3v) is 4.84. The number of hydrogen-bond acceptors (Lipinski definition) is 3. The van der Waals surface area contributed by atoms with Gasteiger partial charge >= 0.3 is 0 Å². The zero-order valence-electron chi connectivity index (χ0n) is 14.6. The van der Waals surface area contributed by atoms with E-state index in [1.54, 1.807) is 19.3 Å². The fourth-order valence-electron chi connectivity index (χ4n) is 3.39. The number of rotatable bonds is 2. The summed E-state index contributed by atoms with van der Waals surface area (Å²) in [6.07, 6.45) is 3.25. The maximum atomic E-state index is 12.7. The van der Waals surface area contributed by atoms with E-state index < -0.39 is 0 Å². The van der Waals surface area contributed by atoms with Gasteiger partial charge in [0.2, 0.25) is 0 Å². The summed E-state index contributed by atoms with van der Waals surface area (Å²) in [7, 11) is 1.66. The van der Waals surface area contributed by atoms with Gasteiger partial charge in [0.25, 0.3) is 11.5 Å². The van der Waals surface area contributed by atoms with Crippen molar-refractivity contribution in [1.82, 2.24) is 9.88 Å². The van der Waals surface area contributed by atoms with Crippen LogP contribution in [0.1, 0.15) is 34.8 Å². The van der Waals surface area contributed by atoms with Crippen LogP contribution in [-0.4, -0.2) is 17.1 Å². The molecule has 5 heteroatoms. The van der Waals surface area contributed by atoms with Crippen LogP contribution < -0.4 is 15.6 Å². The van der Waals surface area contributed by atoms with Gasteiger partial charge in [-0.2, -0.15) is 0 Å². The Balaban J connectivity index is 1.69. The number of hydrogen-bond donors (Lipinski definition) is 1. The molecule has 2 heterocycles. The van der Waals surface area contributed by atoms with Crippen molar-refractivity contribution in [3.8, 4) is 5.75 Å². The van der Waals surface area contributed by atoms with Crippen molar-refractivity contribution in [3.63, 3.8) is 0 Å². The molecule has 0 saturated heterocycles. The van der Waals surface area contributed by atoms with Crippen molar-refractivity contribution in [2.45, 2.75) is 18.9 Å².